The minimum absolute atomic E-state index is 0.00253. The van der Waals surface area contributed by atoms with Crippen LogP contribution >= 0.6 is 22.9 Å². The van der Waals surface area contributed by atoms with Crippen LogP contribution in [-0.2, 0) is 11.3 Å². The van der Waals surface area contributed by atoms with E-state index >= 15 is 0 Å². The number of carbonyl (C=O) groups is 1. The van der Waals surface area contributed by atoms with E-state index in [0.717, 1.165) is 16.3 Å². The number of thiophene rings is 1. The molecule has 2 aromatic rings. The maximum atomic E-state index is 12.8. The van der Waals surface area contributed by atoms with Gasteiger partial charge in [0.05, 0.1) is 5.41 Å². The van der Waals surface area contributed by atoms with E-state index in [1.54, 1.807) is 6.07 Å². The Balaban J connectivity index is 1.86. The number of likely N-dealkylation sites (tertiary alicyclic amines) is 1. The minimum atomic E-state index is -2.92. The summed E-state index contributed by atoms with van der Waals surface area (Å²) in [4.78, 5) is 16.3. The molecule has 0 aliphatic carbocycles. The van der Waals surface area contributed by atoms with E-state index in [-0.39, 0.29) is 17.1 Å². The fraction of sp³-hybridized carbons (Fsp3) is 0.542. The van der Waals surface area contributed by atoms with Gasteiger partial charge in [0.2, 0.25) is 0 Å². The molecule has 1 fully saturated rings. The average molecular weight is 486 g/mol. The Bertz CT molecular complexity index is 959. The van der Waals surface area contributed by atoms with Crippen LogP contribution in [-0.4, -0.2) is 35.7 Å². The lowest BCUT2D eigenvalue weighted by atomic mass is 9.66. The molecule has 0 bridgehead atoms. The van der Waals surface area contributed by atoms with E-state index in [1.165, 1.54) is 23.5 Å². The summed E-state index contributed by atoms with van der Waals surface area (Å²) < 4.78 is 30.3. The SMILES string of the molecule is CC[C@@]1(C(=O)O)C[C@@H](C(C)(C)C)CN(Cc2ccc(-c3cc(Cl)ccc3OC(F)F)s2)C1. The van der Waals surface area contributed by atoms with Gasteiger partial charge in [-0.2, -0.15) is 8.78 Å². The fourth-order valence-electron chi connectivity index (χ4n) is 4.39. The van der Waals surface area contributed by atoms with E-state index in [4.69, 9.17) is 11.6 Å². The number of hydrogen-bond acceptors (Lipinski definition) is 4. The summed E-state index contributed by atoms with van der Waals surface area (Å²) in [6, 6.07) is 8.43. The Kier molecular flexibility index (Phi) is 7.52. The van der Waals surface area contributed by atoms with Crippen LogP contribution in [0.4, 0.5) is 8.78 Å². The number of aliphatic carboxylic acids is 1. The average Bonchev–Trinajstić information content (AvgIpc) is 3.16. The maximum absolute atomic E-state index is 12.8. The number of rotatable bonds is 7. The molecule has 0 unspecified atom stereocenters. The molecule has 1 aromatic heterocycles. The van der Waals surface area contributed by atoms with Crippen LogP contribution in [0.5, 0.6) is 5.75 Å². The topological polar surface area (TPSA) is 49.8 Å². The molecule has 1 N–H and O–H groups in total. The van der Waals surface area contributed by atoms with Gasteiger partial charge in [-0.25, -0.2) is 0 Å². The van der Waals surface area contributed by atoms with Crippen LogP contribution in [0.15, 0.2) is 30.3 Å². The lowest BCUT2D eigenvalue weighted by molar-refractivity contribution is -0.156. The van der Waals surface area contributed by atoms with E-state index in [2.05, 4.69) is 30.4 Å². The van der Waals surface area contributed by atoms with Gasteiger partial charge in [-0.3, -0.25) is 9.69 Å². The zero-order valence-electron chi connectivity index (χ0n) is 18.8. The summed E-state index contributed by atoms with van der Waals surface area (Å²) in [5.41, 5.74) is -0.243. The summed E-state index contributed by atoms with van der Waals surface area (Å²) in [6.07, 6.45) is 1.25. The monoisotopic (exact) mass is 485 g/mol. The van der Waals surface area contributed by atoms with Crippen molar-refractivity contribution >= 4 is 28.9 Å². The van der Waals surface area contributed by atoms with E-state index in [9.17, 15) is 18.7 Å². The molecule has 32 heavy (non-hydrogen) atoms. The molecule has 1 aromatic carbocycles. The number of piperidine rings is 1. The smallest absolute Gasteiger partial charge is 0.387 e. The van der Waals surface area contributed by atoms with Gasteiger partial charge in [0.15, 0.2) is 0 Å². The van der Waals surface area contributed by atoms with Crippen LogP contribution in [0.2, 0.25) is 5.02 Å². The van der Waals surface area contributed by atoms with Gasteiger partial charge in [0.1, 0.15) is 5.75 Å². The zero-order valence-corrected chi connectivity index (χ0v) is 20.4. The van der Waals surface area contributed by atoms with Gasteiger partial charge in [-0.1, -0.05) is 39.3 Å². The predicted molar refractivity (Wildman–Crippen MR) is 125 cm³/mol. The van der Waals surface area contributed by atoms with Gasteiger partial charge in [-0.15, -0.1) is 11.3 Å². The maximum Gasteiger partial charge on any atom is 0.387 e. The Hall–Kier alpha value is -1.70. The van der Waals surface area contributed by atoms with Crippen molar-refractivity contribution in [1.29, 1.82) is 0 Å². The van der Waals surface area contributed by atoms with Crippen LogP contribution < -0.4 is 4.74 Å². The Morgan fingerprint density at radius 3 is 2.66 bits per heavy atom. The number of benzene rings is 1. The standard InChI is InChI=1S/C24H30ClF2NO3S/c1-5-24(21(29)30)11-15(23(2,3)4)12-28(14-24)13-17-7-9-20(32-17)18-10-16(25)6-8-19(18)31-22(26)27/h6-10,15,22H,5,11-14H2,1-4H3,(H,29,30)/t15-,24-/m1/s1. The molecule has 0 saturated carbocycles. The highest BCUT2D eigenvalue weighted by atomic mass is 35.5. The summed E-state index contributed by atoms with van der Waals surface area (Å²) >= 11 is 7.58. The molecule has 8 heteroatoms. The van der Waals surface area contributed by atoms with Gasteiger partial charge in [0, 0.05) is 40.0 Å². The highest BCUT2D eigenvalue weighted by Gasteiger charge is 2.47. The second-order valence-corrected chi connectivity index (χ2v) is 11.3. The normalized spacial score (nSPS) is 22.3. The number of hydrogen-bond donors (Lipinski definition) is 1. The molecule has 1 aliphatic heterocycles. The molecule has 4 nitrogen and oxygen atoms in total. The first-order valence-electron chi connectivity index (χ1n) is 10.7. The number of ether oxygens (including phenoxy) is 1. The Labute approximate surface area is 197 Å². The first-order valence-corrected chi connectivity index (χ1v) is 11.9. The number of carboxylic acids is 1. The lowest BCUT2D eigenvalue weighted by Gasteiger charge is -2.47. The summed E-state index contributed by atoms with van der Waals surface area (Å²) in [7, 11) is 0. The van der Waals surface area contributed by atoms with Crippen LogP contribution in [0.25, 0.3) is 10.4 Å². The van der Waals surface area contributed by atoms with Crippen LogP contribution in [0.1, 0.15) is 45.4 Å². The van der Waals surface area contributed by atoms with Crippen molar-refractivity contribution < 1.29 is 23.4 Å². The second kappa shape index (κ2) is 9.65. The van der Waals surface area contributed by atoms with Gasteiger partial charge in [0.25, 0.3) is 0 Å². The van der Waals surface area contributed by atoms with Crippen LogP contribution in [0, 0.1) is 16.7 Å². The van der Waals surface area contributed by atoms with Gasteiger partial charge in [-0.05, 0) is 54.5 Å². The number of alkyl halides is 2. The van der Waals surface area contributed by atoms with E-state index in [1.807, 2.05) is 19.1 Å². The summed E-state index contributed by atoms with van der Waals surface area (Å²) in [6.45, 7) is 7.44. The Morgan fingerprint density at radius 2 is 2.06 bits per heavy atom. The summed E-state index contributed by atoms with van der Waals surface area (Å²) in [5, 5.41) is 10.5. The largest absolute Gasteiger partial charge is 0.481 e. The molecule has 1 saturated heterocycles. The third-order valence-electron chi connectivity index (χ3n) is 6.46. The molecule has 3 rings (SSSR count). The highest BCUT2D eigenvalue weighted by molar-refractivity contribution is 7.15. The third kappa shape index (κ3) is 5.61. The third-order valence-corrected chi connectivity index (χ3v) is 7.80. The van der Waals surface area contributed by atoms with Crippen molar-refractivity contribution in [2.75, 3.05) is 13.1 Å². The second-order valence-electron chi connectivity index (χ2n) is 9.66. The molecule has 0 spiro atoms. The van der Waals surface area contributed by atoms with Crippen molar-refractivity contribution in [2.45, 2.75) is 53.7 Å². The lowest BCUT2D eigenvalue weighted by Crippen LogP contribution is -2.53. The van der Waals surface area contributed by atoms with Crippen molar-refractivity contribution in [2.24, 2.45) is 16.7 Å². The first kappa shape index (κ1) is 24.9. The van der Waals surface area contributed by atoms with Crippen molar-refractivity contribution in [1.82, 2.24) is 4.90 Å². The zero-order chi connectivity index (χ0) is 23.7. The molecule has 0 radical (unpaired) electrons. The number of nitrogens with zero attached hydrogens (tertiary/aromatic N) is 1. The fourth-order valence-corrected chi connectivity index (χ4v) is 5.63. The molecule has 0 amide bonds. The number of carboxylic acid groups (broad SMARTS) is 1. The van der Waals surface area contributed by atoms with E-state index in [0.29, 0.717) is 36.5 Å². The molecule has 2 atom stereocenters. The minimum Gasteiger partial charge on any atom is -0.481 e. The highest BCUT2D eigenvalue weighted by Crippen LogP contribution is 2.44. The molecule has 176 valence electrons. The first-order chi connectivity index (χ1) is 14.9. The summed E-state index contributed by atoms with van der Waals surface area (Å²) in [5.74, 6) is -0.399. The van der Waals surface area contributed by atoms with Crippen molar-refractivity contribution in [3.63, 3.8) is 0 Å². The van der Waals surface area contributed by atoms with E-state index < -0.39 is 18.0 Å². The molecular formula is C24H30ClF2NO3S. The molecule has 1 aliphatic rings. The number of halogens is 3. The van der Waals surface area contributed by atoms with Gasteiger partial charge >= 0.3 is 12.6 Å². The molecule has 2 heterocycles. The Morgan fingerprint density at radius 1 is 1.34 bits per heavy atom. The van der Waals surface area contributed by atoms with Gasteiger partial charge < -0.3 is 9.84 Å². The molecular weight excluding hydrogens is 456 g/mol. The quantitative estimate of drug-likeness (QED) is 0.457. The van der Waals surface area contributed by atoms with Crippen molar-refractivity contribution in [3.05, 3.63) is 40.2 Å². The van der Waals surface area contributed by atoms with Crippen molar-refractivity contribution in [3.8, 4) is 16.2 Å². The van der Waals surface area contributed by atoms with Crippen LogP contribution in [0.3, 0.4) is 0 Å². The predicted octanol–water partition coefficient (Wildman–Crippen LogP) is 7.02.